The molecular weight excluding hydrogens is 254 g/mol. The Kier molecular flexibility index (Phi) is 2.83. The molecule has 0 unspecified atom stereocenters. The zero-order chi connectivity index (χ0) is 14.1. The van der Waals surface area contributed by atoms with Gasteiger partial charge in [-0.2, -0.15) is 0 Å². The molecule has 1 aromatic carbocycles. The number of nitrogens with two attached hydrogens (primary N) is 1. The number of anilines is 1. The van der Waals surface area contributed by atoms with Crippen molar-refractivity contribution in [2.45, 2.75) is 6.92 Å². The summed E-state index contributed by atoms with van der Waals surface area (Å²) < 4.78 is 1.77. The van der Waals surface area contributed by atoms with E-state index in [1.807, 2.05) is 37.3 Å². The molecule has 0 aliphatic heterocycles. The minimum Gasteiger partial charge on any atom is -0.351 e. The molecule has 0 radical (unpaired) electrons. The first-order chi connectivity index (χ1) is 9.66. The van der Waals surface area contributed by atoms with E-state index in [-0.39, 0.29) is 0 Å². The lowest BCUT2D eigenvalue weighted by molar-refractivity contribution is 0.259. The van der Waals surface area contributed by atoms with Gasteiger partial charge in [-0.25, -0.2) is 9.78 Å². The minimum atomic E-state index is -0.626. The number of hydrogen-bond donors (Lipinski definition) is 2. The van der Waals surface area contributed by atoms with Crippen LogP contribution in [0.4, 0.5) is 10.6 Å². The number of carbonyl (C=O) groups excluding carboxylic acids is 1. The molecule has 0 aliphatic rings. The van der Waals surface area contributed by atoms with Gasteiger partial charge in [-0.05, 0) is 6.92 Å². The molecule has 0 spiro atoms. The van der Waals surface area contributed by atoms with E-state index < -0.39 is 6.03 Å². The van der Waals surface area contributed by atoms with Crippen LogP contribution in [-0.2, 0) is 0 Å². The number of aryl methyl sites for hydroxylation is 1. The van der Waals surface area contributed by atoms with Crippen molar-refractivity contribution in [3.63, 3.8) is 0 Å². The van der Waals surface area contributed by atoms with Crippen LogP contribution in [0.15, 0.2) is 42.7 Å². The molecule has 6 nitrogen and oxygen atoms in total. The maximum absolute atomic E-state index is 11.2. The third-order valence-electron chi connectivity index (χ3n) is 3.01. The number of benzene rings is 1. The predicted octanol–water partition coefficient (Wildman–Crippen LogP) is 2.20. The molecule has 0 atom stereocenters. The van der Waals surface area contributed by atoms with Crippen molar-refractivity contribution in [1.82, 2.24) is 14.4 Å². The summed E-state index contributed by atoms with van der Waals surface area (Å²) in [5.41, 5.74) is 8.29. The smallest absolute Gasteiger partial charge is 0.317 e. The van der Waals surface area contributed by atoms with Crippen LogP contribution in [0.2, 0.25) is 0 Å². The first-order valence-corrected chi connectivity index (χ1v) is 6.12. The number of imidazole rings is 1. The van der Waals surface area contributed by atoms with Gasteiger partial charge in [0.05, 0.1) is 5.69 Å². The average Bonchev–Trinajstić information content (AvgIpc) is 2.80. The zero-order valence-electron chi connectivity index (χ0n) is 10.9. The van der Waals surface area contributed by atoms with Gasteiger partial charge in [-0.1, -0.05) is 30.3 Å². The summed E-state index contributed by atoms with van der Waals surface area (Å²) in [6.07, 6.45) is 3.40. The number of urea groups is 1. The van der Waals surface area contributed by atoms with Crippen molar-refractivity contribution in [1.29, 1.82) is 0 Å². The topological polar surface area (TPSA) is 85.3 Å². The number of nitrogens with one attached hydrogen (secondary N) is 1. The maximum atomic E-state index is 11.2. The molecule has 2 amide bonds. The lowest BCUT2D eigenvalue weighted by Crippen LogP contribution is -2.20. The Bertz CT molecular complexity index is 779. The van der Waals surface area contributed by atoms with Gasteiger partial charge in [-0.3, -0.25) is 14.7 Å². The van der Waals surface area contributed by atoms with Gasteiger partial charge in [0.15, 0.2) is 5.65 Å². The SMILES string of the molecule is Cc1nccn2c(NC(N)=O)c(-c3ccccc3)nc12. The van der Waals surface area contributed by atoms with E-state index in [1.54, 1.807) is 16.8 Å². The molecule has 2 aromatic heterocycles. The molecule has 20 heavy (non-hydrogen) atoms. The summed E-state index contributed by atoms with van der Waals surface area (Å²) in [6.45, 7) is 1.87. The Labute approximate surface area is 115 Å². The molecule has 0 fully saturated rings. The zero-order valence-corrected chi connectivity index (χ0v) is 10.9. The van der Waals surface area contributed by atoms with Crippen molar-refractivity contribution in [2.75, 3.05) is 5.32 Å². The van der Waals surface area contributed by atoms with Crippen LogP contribution in [0.25, 0.3) is 16.9 Å². The van der Waals surface area contributed by atoms with Crippen LogP contribution in [0.5, 0.6) is 0 Å². The highest BCUT2D eigenvalue weighted by Crippen LogP contribution is 2.28. The van der Waals surface area contributed by atoms with Crippen molar-refractivity contribution in [3.05, 3.63) is 48.4 Å². The Morgan fingerprint density at radius 1 is 1.30 bits per heavy atom. The van der Waals surface area contributed by atoms with E-state index in [4.69, 9.17) is 5.73 Å². The van der Waals surface area contributed by atoms with E-state index >= 15 is 0 Å². The fraction of sp³-hybridized carbons (Fsp3) is 0.0714. The number of hydrogen-bond acceptors (Lipinski definition) is 3. The normalized spacial score (nSPS) is 10.7. The Morgan fingerprint density at radius 2 is 2.05 bits per heavy atom. The highest BCUT2D eigenvalue weighted by Gasteiger charge is 2.16. The summed E-state index contributed by atoms with van der Waals surface area (Å²) in [5.74, 6) is 0.546. The third kappa shape index (κ3) is 1.97. The van der Waals surface area contributed by atoms with Crippen molar-refractivity contribution in [3.8, 4) is 11.3 Å². The molecule has 0 saturated carbocycles. The standard InChI is InChI=1S/C14H13N5O/c1-9-12-17-11(10-5-3-2-4-6-10)13(18-14(15)20)19(12)8-7-16-9/h2-8H,1H3,(H3,15,18,20). The van der Waals surface area contributed by atoms with Crippen LogP contribution < -0.4 is 11.1 Å². The van der Waals surface area contributed by atoms with Crippen LogP contribution in [-0.4, -0.2) is 20.4 Å². The summed E-state index contributed by atoms with van der Waals surface area (Å²) in [4.78, 5) is 20.0. The van der Waals surface area contributed by atoms with Crippen LogP contribution >= 0.6 is 0 Å². The molecule has 3 aromatic rings. The Balaban J connectivity index is 2.30. The fourth-order valence-electron chi connectivity index (χ4n) is 2.14. The van der Waals surface area contributed by atoms with Gasteiger partial charge in [0.1, 0.15) is 11.5 Å². The number of carbonyl (C=O) groups is 1. The molecule has 3 rings (SSSR count). The number of nitrogens with zero attached hydrogens (tertiary/aromatic N) is 3. The Hall–Kier alpha value is -2.89. The van der Waals surface area contributed by atoms with Crippen LogP contribution in [0.3, 0.4) is 0 Å². The Morgan fingerprint density at radius 3 is 2.75 bits per heavy atom. The molecule has 0 saturated heterocycles. The van der Waals surface area contributed by atoms with Gasteiger partial charge in [0, 0.05) is 18.0 Å². The predicted molar refractivity (Wildman–Crippen MR) is 76.4 cm³/mol. The number of rotatable bonds is 2. The monoisotopic (exact) mass is 267 g/mol. The van der Waals surface area contributed by atoms with E-state index in [2.05, 4.69) is 15.3 Å². The summed E-state index contributed by atoms with van der Waals surface area (Å²) in [5, 5.41) is 2.63. The van der Waals surface area contributed by atoms with Gasteiger partial charge >= 0.3 is 6.03 Å². The third-order valence-corrected chi connectivity index (χ3v) is 3.01. The average molecular weight is 267 g/mol. The molecule has 3 N–H and O–H groups in total. The van der Waals surface area contributed by atoms with E-state index in [0.29, 0.717) is 17.2 Å². The van der Waals surface area contributed by atoms with E-state index in [0.717, 1.165) is 11.3 Å². The summed E-state index contributed by atoms with van der Waals surface area (Å²) >= 11 is 0. The second-order valence-electron chi connectivity index (χ2n) is 4.37. The highest BCUT2D eigenvalue weighted by molar-refractivity contribution is 5.92. The first kappa shape index (κ1) is 12.2. The van der Waals surface area contributed by atoms with Crippen molar-refractivity contribution in [2.24, 2.45) is 5.73 Å². The molecule has 100 valence electrons. The van der Waals surface area contributed by atoms with E-state index in [1.165, 1.54) is 0 Å². The number of primary amides is 1. The van der Waals surface area contributed by atoms with Gasteiger partial charge in [0.25, 0.3) is 0 Å². The lowest BCUT2D eigenvalue weighted by atomic mass is 10.1. The molecule has 0 aliphatic carbocycles. The number of fused-ring (bicyclic) bond motifs is 1. The van der Waals surface area contributed by atoms with Gasteiger partial charge in [0.2, 0.25) is 0 Å². The van der Waals surface area contributed by atoms with E-state index in [9.17, 15) is 4.79 Å². The lowest BCUT2D eigenvalue weighted by Gasteiger charge is -2.05. The van der Waals surface area contributed by atoms with Crippen molar-refractivity contribution >= 4 is 17.5 Å². The van der Waals surface area contributed by atoms with Gasteiger partial charge in [-0.15, -0.1) is 0 Å². The maximum Gasteiger partial charge on any atom is 0.317 e. The van der Waals surface area contributed by atoms with Crippen LogP contribution in [0.1, 0.15) is 5.69 Å². The largest absolute Gasteiger partial charge is 0.351 e. The summed E-state index contributed by atoms with van der Waals surface area (Å²) in [7, 11) is 0. The molecule has 2 heterocycles. The van der Waals surface area contributed by atoms with Gasteiger partial charge < -0.3 is 5.73 Å². The molecule has 6 heteroatoms. The second-order valence-corrected chi connectivity index (χ2v) is 4.37. The first-order valence-electron chi connectivity index (χ1n) is 6.12. The fourth-order valence-corrected chi connectivity index (χ4v) is 2.14. The quantitative estimate of drug-likeness (QED) is 0.746. The number of aromatic nitrogens is 3. The second kappa shape index (κ2) is 4.65. The minimum absolute atomic E-state index is 0.546. The van der Waals surface area contributed by atoms with Crippen molar-refractivity contribution < 1.29 is 4.79 Å². The van der Waals surface area contributed by atoms with Crippen LogP contribution in [0, 0.1) is 6.92 Å². The summed E-state index contributed by atoms with van der Waals surface area (Å²) in [6, 6.07) is 8.98. The molecule has 0 bridgehead atoms. The highest BCUT2D eigenvalue weighted by atomic mass is 16.2. The molecular formula is C14H13N5O. The number of amides is 2.